The van der Waals surface area contributed by atoms with Gasteiger partial charge in [0.1, 0.15) is 5.70 Å². The molecule has 170 valence electrons. The van der Waals surface area contributed by atoms with E-state index in [1.807, 2.05) is 55.5 Å². The van der Waals surface area contributed by atoms with E-state index >= 15 is 0 Å². The highest BCUT2D eigenvalue weighted by molar-refractivity contribution is 5.73. The molecule has 33 heavy (non-hydrogen) atoms. The second kappa shape index (κ2) is 9.87. The number of nitrogens with one attached hydrogen (secondary N) is 1. The Bertz CT molecular complexity index is 1170. The Kier molecular flexibility index (Phi) is 6.74. The van der Waals surface area contributed by atoms with Gasteiger partial charge < -0.3 is 14.7 Å². The quantitative estimate of drug-likeness (QED) is 0.436. The molecule has 1 aliphatic rings. The van der Waals surface area contributed by atoms with Gasteiger partial charge in [-0.25, -0.2) is 10.5 Å². The summed E-state index contributed by atoms with van der Waals surface area (Å²) in [6.07, 6.45) is 5.42. The van der Waals surface area contributed by atoms with E-state index in [1.165, 1.54) is 6.07 Å². The lowest BCUT2D eigenvalue weighted by Gasteiger charge is -2.34. The van der Waals surface area contributed by atoms with Crippen molar-refractivity contribution in [3.63, 3.8) is 0 Å². The van der Waals surface area contributed by atoms with Crippen LogP contribution in [0.25, 0.3) is 17.0 Å². The number of aryl methyl sites for hydroxylation is 1. The fraction of sp³-hybridized carbons (Fsp3) is 0.280. The summed E-state index contributed by atoms with van der Waals surface area (Å²) in [5, 5.41) is 3.78. The summed E-state index contributed by atoms with van der Waals surface area (Å²) in [7, 11) is 4.04. The van der Waals surface area contributed by atoms with Crippen LogP contribution in [0, 0.1) is 18.4 Å². The van der Waals surface area contributed by atoms with Gasteiger partial charge in [0.05, 0.1) is 17.6 Å². The number of aromatic nitrogens is 2. The Morgan fingerprint density at radius 3 is 2.64 bits per heavy atom. The lowest BCUT2D eigenvalue weighted by atomic mass is 10.1. The van der Waals surface area contributed by atoms with Crippen molar-refractivity contribution in [1.82, 2.24) is 14.9 Å². The Balaban J connectivity index is 1.62. The van der Waals surface area contributed by atoms with Crippen LogP contribution in [0.15, 0.2) is 66.2 Å². The predicted molar refractivity (Wildman–Crippen MR) is 130 cm³/mol. The van der Waals surface area contributed by atoms with Crippen molar-refractivity contribution in [2.45, 2.75) is 6.92 Å². The van der Waals surface area contributed by atoms with Gasteiger partial charge in [-0.15, -0.1) is 0 Å². The van der Waals surface area contributed by atoms with Crippen LogP contribution in [-0.2, 0) is 0 Å². The zero-order valence-corrected chi connectivity index (χ0v) is 19.2. The minimum atomic E-state index is -0.508. The average Bonchev–Trinajstić information content (AvgIpc) is 2.83. The molecule has 7 nitrogen and oxygen atoms in total. The number of hydrogen-bond acceptors (Lipinski definition) is 7. The van der Waals surface area contributed by atoms with Crippen LogP contribution >= 0.6 is 0 Å². The van der Waals surface area contributed by atoms with Crippen LogP contribution in [-0.4, -0.2) is 55.1 Å². The highest BCUT2D eigenvalue weighted by Crippen LogP contribution is 2.29. The molecule has 0 bridgehead atoms. The minimum Gasteiger partial charge on any atom is -0.368 e. The SMILES string of the molecule is Cc1ccc(-c2cccc(F)n2)cc1N(C)/C=C(\N=N)c1cncc(N2CCN(C)CC2)c1. The van der Waals surface area contributed by atoms with Crippen LogP contribution in [0.2, 0.25) is 0 Å². The Hall–Kier alpha value is -3.65. The van der Waals surface area contributed by atoms with E-state index in [9.17, 15) is 4.39 Å². The number of halogens is 1. The van der Waals surface area contributed by atoms with Crippen molar-refractivity contribution >= 4 is 17.1 Å². The number of anilines is 2. The Morgan fingerprint density at radius 1 is 1.12 bits per heavy atom. The van der Waals surface area contributed by atoms with E-state index in [2.05, 4.69) is 31.9 Å². The number of piperazine rings is 1. The van der Waals surface area contributed by atoms with Crippen molar-refractivity contribution in [2.24, 2.45) is 5.11 Å². The molecule has 0 amide bonds. The van der Waals surface area contributed by atoms with Crippen molar-refractivity contribution in [1.29, 1.82) is 5.53 Å². The minimum absolute atomic E-state index is 0.508. The number of rotatable bonds is 6. The summed E-state index contributed by atoms with van der Waals surface area (Å²) < 4.78 is 13.6. The third-order valence-electron chi connectivity index (χ3n) is 5.92. The predicted octanol–water partition coefficient (Wildman–Crippen LogP) is 4.81. The van der Waals surface area contributed by atoms with Gasteiger partial charge in [-0.2, -0.15) is 9.50 Å². The standard InChI is InChI=1S/C25H28FN7/c1-18-7-8-19(22-5-4-6-25(26)29-22)14-24(18)32(3)17-23(30-27)20-13-21(16-28-15-20)33-11-9-31(2)10-12-33/h4-8,13-17,27H,9-12H2,1-3H3/b23-17-,30-27?. The smallest absolute Gasteiger partial charge is 0.213 e. The second-order valence-electron chi connectivity index (χ2n) is 8.31. The first-order chi connectivity index (χ1) is 15.9. The fourth-order valence-corrected chi connectivity index (χ4v) is 3.94. The Morgan fingerprint density at radius 2 is 1.91 bits per heavy atom. The molecule has 8 heteroatoms. The van der Waals surface area contributed by atoms with E-state index in [4.69, 9.17) is 5.53 Å². The zero-order chi connectivity index (χ0) is 23.4. The molecule has 3 heterocycles. The molecule has 2 aromatic heterocycles. The van der Waals surface area contributed by atoms with Crippen LogP contribution in [0.1, 0.15) is 11.1 Å². The number of nitrogens with zero attached hydrogens (tertiary/aromatic N) is 6. The third kappa shape index (κ3) is 5.23. The molecule has 0 unspecified atom stereocenters. The summed E-state index contributed by atoms with van der Waals surface area (Å²) in [5.74, 6) is -0.508. The molecule has 0 spiro atoms. The van der Waals surface area contributed by atoms with Crippen molar-refractivity contribution in [3.8, 4) is 11.3 Å². The van der Waals surface area contributed by atoms with Gasteiger partial charge in [-0.3, -0.25) is 4.98 Å². The van der Waals surface area contributed by atoms with E-state index < -0.39 is 5.95 Å². The highest BCUT2D eigenvalue weighted by Gasteiger charge is 2.16. The van der Waals surface area contributed by atoms with Crippen molar-refractivity contribution < 1.29 is 4.39 Å². The van der Waals surface area contributed by atoms with Crippen molar-refractivity contribution in [3.05, 3.63) is 78.1 Å². The normalized spacial score (nSPS) is 14.9. The van der Waals surface area contributed by atoms with E-state index in [-0.39, 0.29) is 0 Å². The maximum absolute atomic E-state index is 13.6. The van der Waals surface area contributed by atoms with Gasteiger partial charge in [0.2, 0.25) is 5.95 Å². The fourth-order valence-electron chi connectivity index (χ4n) is 3.94. The van der Waals surface area contributed by atoms with E-state index in [0.29, 0.717) is 11.4 Å². The van der Waals surface area contributed by atoms with Crippen LogP contribution in [0.5, 0.6) is 0 Å². The molecule has 1 saturated heterocycles. The number of benzene rings is 1. The van der Waals surface area contributed by atoms with E-state index in [1.54, 1.807) is 18.3 Å². The first kappa shape index (κ1) is 22.5. The molecule has 1 aromatic carbocycles. The van der Waals surface area contributed by atoms with Gasteiger partial charge in [0, 0.05) is 62.4 Å². The maximum Gasteiger partial charge on any atom is 0.213 e. The molecule has 0 atom stereocenters. The molecular formula is C25H28FN7. The van der Waals surface area contributed by atoms with Crippen LogP contribution in [0.4, 0.5) is 15.8 Å². The summed E-state index contributed by atoms with van der Waals surface area (Å²) >= 11 is 0. The molecule has 0 aliphatic carbocycles. The summed E-state index contributed by atoms with van der Waals surface area (Å²) in [6, 6.07) is 12.7. The number of hydrogen-bond donors (Lipinski definition) is 1. The molecule has 0 saturated carbocycles. The highest BCUT2D eigenvalue weighted by atomic mass is 19.1. The Labute approximate surface area is 193 Å². The first-order valence-corrected chi connectivity index (χ1v) is 10.9. The maximum atomic E-state index is 13.6. The van der Waals surface area contributed by atoms with Gasteiger partial charge in [0.15, 0.2) is 0 Å². The molecular weight excluding hydrogens is 417 g/mol. The van der Waals surface area contributed by atoms with Crippen LogP contribution < -0.4 is 9.80 Å². The molecule has 1 fully saturated rings. The van der Waals surface area contributed by atoms with Gasteiger partial charge in [-0.1, -0.05) is 18.2 Å². The van der Waals surface area contributed by atoms with Gasteiger partial charge >= 0.3 is 0 Å². The summed E-state index contributed by atoms with van der Waals surface area (Å²) in [6.45, 7) is 5.91. The molecule has 1 N–H and O–H groups in total. The second-order valence-corrected chi connectivity index (χ2v) is 8.31. The molecule has 1 aliphatic heterocycles. The largest absolute Gasteiger partial charge is 0.368 e. The molecule has 0 radical (unpaired) electrons. The topological polar surface area (TPSA) is 71.7 Å². The number of likely N-dealkylation sites (N-methyl/N-ethyl adjacent to an activating group) is 1. The average molecular weight is 446 g/mol. The third-order valence-corrected chi connectivity index (χ3v) is 5.92. The first-order valence-electron chi connectivity index (χ1n) is 10.9. The molecule has 4 rings (SSSR count). The van der Waals surface area contributed by atoms with Crippen LogP contribution in [0.3, 0.4) is 0 Å². The lowest BCUT2D eigenvalue weighted by Crippen LogP contribution is -2.44. The monoisotopic (exact) mass is 445 g/mol. The number of pyridine rings is 2. The van der Waals surface area contributed by atoms with Crippen molar-refractivity contribution in [2.75, 3.05) is 50.1 Å². The molecule has 3 aromatic rings. The summed E-state index contributed by atoms with van der Waals surface area (Å²) in [4.78, 5) is 14.9. The summed E-state index contributed by atoms with van der Waals surface area (Å²) in [5.41, 5.74) is 13.5. The van der Waals surface area contributed by atoms with E-state index in [0.717, 1.165) is 54.2 Å². The zero-order valence-electron chi connectivity index (χ0n) is 19.2. The van der Waals surface area contributed by atoms with Gasteiger partial charge in [-0.05, 0) is 43.8 Å². The lowest BCUT2D eigenvalue weighted by molar-refractivity contribution is 0.313. The van der Waals surface area contributed by atoms with Gasteiger partial charge in [0.25, 0.3) is 0 Å².